The lowest BCUT2D eigenvalue weighted by Crippen LogP contribution is -2.20. The number of nitrogens with one attached hydrogen (secondary N) is 2. The number of methoxy groups -OCH3 is 1. The van der Waals surface area contributed by atoms with Crippen molar-refractivity contribution in [3.8, 4) is 11.5 Å². The Hall–Kier alpha value is -3.52. The number of hydrogen-bond donors (Lipinski definition) is 2. The van der Waals surface area contributed by atoms with E-state index in [0.717, 1.165) is 5.56 Å². The van der Waals surface area contributed by atoms with Crippen LogP contribution in [-0.2, 0) is 14.8 Å². The van der Waals surface area contributed by atoms with Crippen LogP contribution in [0.3, 0.4) is 0 Å². The van der Waals surface area contributed by atoms with E-state index in [1.54, 1.807) is 24.3 Å². The third kappa shape index (κ3) is 6.01. The minimum atomic E-state index is -3.77. The van der Waals surface area contributed by atoms with Gasteiger partial charge in [0.25, 0.3) is 15.9 Å². The van der Waals surface area contributed by atoms with E-state index in [2.05, 4.69) is 23.9 Å². The van der Waals surface area contributed by atoms with Crippen LogP contribution in [0, 0.1) is 0 Å². The van der Waals surface area contributed by atoms with Gasteiger partial charge in [0, 0.05) is 11.4 Å². The highest BCUT2D eigenvalue weighted by atomic mass is 32.2. The molecule has 2 N–H and O–H groups in total. The highest BCUT2D eigenvalue weighted by Gasteiger charge is 2.15. The Balaban J connectivity index is 1.59. The molecule has 8 heteroatoms. The topological polar surface area (TPSA) is 93.7 Å². The minimum absolute atomic E-state index is 0.0772. The predicted octanol–water partition coefficient (Wildman–Crippen LogP) is 4.64. The predicted molar refractivity (Wildman–Crippen MR) is 125 cm³/mol. The molecule has 0 aromatic heterocycles. The van der Waals surface area contributed by atoms with Crippen LogP contribution < -0.4 is 19.5 Å². The molecular formula is C24H26N2O5S. The molecule has 0 saturated carbocycles. The summed E-state index contributed by atoms with van der Waals surface area (Å²) in [5, 5.41) is 2.71. The lowest BCUT2D eigenvalue weighted by molar-refractivity contribution is -0.118. The van der Waals surface area contributed by atoms with Crippen LogP contribution in [-0.4, -0.2) is 28.0 Å². The largest absolute Gasteiger partial charge is 0.497 e. The zero-order chi connectivity index (χ0) is 23.1. The summed E-state index contributed by atoms with van der Waals surface area (Å²) in [4.78, 5) is 12.3. The van der Waals surface area contributed by atoms with E-state index >= 15 is 0 Å². The summed E-state index contributed by atoms with van der Waals surface area (Å²) in [5.74, 6) is 1.24. The molecule has 0 atom stereocenters. The van der Waals surface area contributed by atoms with Crippen molar-refractivity contribution in [2.24, 2.45) is 0 Å². The van der Waals surface area contributed by atoms with E-state index in [1.165, 1.54) is 31.4 Å². The first-order valence-corrected chi connectivity index (χ1v) is 11.6. The first-order chi connectivity index (χ1) is 15.3. The van der Waals surface area contributed by atoms with Gasteiger partial charge in [0.1, 0.15) is 11.5 Å². The lowest BCUT2D eigenvalue weighted by Gasteiger charge is -2.14. The monoisotopic (exact) mass is 454 g/mol. The second-order valence-corrected chi connectivity index (χ2v) is 9.07. The van der Waals surface area contributed by atoms with Crippen LogP contribution in [0.4, 0.5) is 11.4 Å². The average Bonchev–Trinajstić information content (AvgIpc) is 2.78. The van der Waals surface area contributed by atoms with Gasteiger partial charge >= 0.3 is 0 Å². The Morgan fingerprint density at radius 1 is 0.906 bits per heavy atom. The second-order valence-electron chi connectivity index (χ2n) is 7.39. The van der Waals surface area contributed by atoms with Crippen molar-refractivity contribution in [1.29, 1.82) is 0 Å². The molecule has 0 aliphatic rings. The van der Waals surface area contributed by atoms with Crippen LogP contribution in [0.25, 0.3) is 0 Å². The normalized spacial score (nSPS) is 11.1. The van der Waals surface area contributed by atoms with Gasteiger partial charge in [-0.3, -0.25) is 9.52 Å². The molecule has 3 aromatic carbocycles. The van der Waals surface area contributed by atoms with E-state index in [1.807, 2.05) is 24.3 Å². The van der Waals surface area contributed by atoms with E-state index < -0.39 is 10.0 Å². The zero-order valence-corrected chi connectivity index (χ0v) is 19.0. The average molecular weight is 455 g/mol. The highest BCUT2D eigenvalue weighted by Crippen LogP contribution is 2.26. The maximum absolute atomic E-state index is 12.6. The molecule has 0 unspecified atom stereocenters. The number of anilines is 2. The maximum Gasteiger partial charge on any atom is 0.262 e. The first-order valence-electron chi connectivity index (χ1n) is 10.1. The summed E-state index contributed by atoms with van der Waals surface area (Å²) in [6.45, 7) is 3.96. The van der Waals surface area contributed by atoms with Gasteiger partial charge in [-0.1, -0.05) is 32.0 Å². The molecule has 168 valence electrons. The Morgan fingerprint density at radius 2 is 1.53 bits per heavy atom. The molecule has 0 fully saturated rings. The van der Waals surface area contributed by atoms with Crippen LogP contribution in [0.1, 0.15) is 25.3 Å². The molecule has 0 saturated heterocycles. The molecular weight excluding hydrogens is 428 g/mol. The number of ether oxygens (including phenoxy) is 2. The summed E-state index contributed by atoms with van der Waals surface area (Å²) < 4.78 is 38.4. The van der Waals surface area contributed by atoms with Crippen LogP contribution in [0.15, 0.2) is 77.7 Å². The first kappa shape index (κ1) is 23.1. The molecule has 7 nitrogen and oxygen atoms in total. The minimum Gasteiger partial charge on any atom is -0.497 e. The molecule has 1 amide bonds. The standard InChI is InChI=1S/C24H26N2O5S/c1-17(2)22-6-4-5-7-23(22)31-16-24(27)25-18-10-14-21(15-11-18)32(28,29)26-19-8-12-20(30-3)13-9-19/h4-15,17,26H,16H2,1-3H3,(H,25,27). The molecule has 0 bridgehead atoms. The number of hydrogen-bond acceptors (Lipinski definition) is 5. The van der Waals surface area contributed by atoms with Crippen LogP contribution in [0.5, 0.6) is 11.5 Å². The van der Waals surface area contributed by atoms with Gasteiger partial charge in [-0.2, -0.15) is 0 Å². The molecule has 32 heavy (non-hydrogen) atoms. The van der Waals surface area contributed by atoms with Crippen molar-refractivity contribution >= 4 is 27.3 Å². The van der Waals surface area contributed by atoms with E-state index in [0.29, 0.717) is 22.9 Å². The summed E-state index contributed by atoms with van der Waals surface area (Å²) in [6.07, 6.45) is 0. The SMILES string of the molecule is COc1ccc(NS(=O)(=O)c2ccc(NC(=O)COc3ccccc3C(C)C)cc2)cc1. The Bertz CT molecular complexity index is 1160. The van der Waals surface area contributed by atoms with Gasteiger partial charge in [0.2, 0.25) is 0 Å². The molecule has 0 heterocycles. The Labute approximate surface area is 188 Å². The smallest absolute Gasteiger partial charge is 0.262 e. The molecule has 3 rings (SSSR count). The Morgan fingerprint density at radius 3 is 2.16 bits per heavy atom. The van der Waals surface area contributed by atoms with Crippen LogP contribution in [0.2, 0.25) is 0 Å². The quantitative estimate of drug-likeness (QED) is 0.491. The van der Waals surface area contributed by atoms with Crippen molar-refractivity contribution in [2.75, 3.05) is 23.8 Å². The zero-order valence-electron chi connectivity index (χ0n) is 18.2. The molecule has 3 aromatic rings. The fourth-order valence-electron chi connectivity index (χ4n) is 3.02. The number of rotatable bonds is 9. The number of sulfonamides is 1. The van der Waals surface area contributed by atoms with Gasteiger partial charge in [0.05, 0.1) is 12.0 Å². The molecule has 0 aliphatic heterocycles. The summed E-state index contributed by atoms with van der Waals surface area (Å²) in [7, 11) is -2.23. The molecule has 0 radical (unpaired) electrons. The van der Waals surface area contributed by atoms with Crippen molar-refractivity contribution < 1.29 is 22.7 Å². The summed E-state index contributed by atoms with van der Waals surface area (Å²) in [5.41, 5.74) is 1.92. The van der Waals surface area contributed by atoms with Gasteiger partial charge < -0.3 is 14.8 Å². The van der Waals surface area contributed by atoms with Gasteiger partial charge in [0.15, 0.2) is 6.61 Å². The van der Waals surface area contributed by atoms with E-state index in [-0.39, 0.29) is 23.3 Å². The third-order valence-electron chi connectivity index (χ3n) is 4.69. The van der Waals surface area contributed by atoms with Crippen molar-refractivity contribution in [1.82, 2.24) is 0 Å². The van der Waals surface area contributed by atoms with E-state index in [4.69, 9.17) is 9.47 Å². The third-order valence-corrected chi connectivity index (χ3v) is 6.09. The fourth-order valence-corrected chi connectivity index (χ4v) is 4.08. The number of para-hydroxylation sites is 1. The number of carbonyl (C=O) groups excluding carboxylic acids is 1. The van der Waals surface area contributed by atoms with Crippen LogP contribution >= 0.6 is 0 Å². The fraction of sp³-hybridized carbons (Fsp3) is 0.208. The summed E-state index contributed by atoms with van der Waals surface area (Å²) in [6, 6.07) is 20.1. The Kier molecular flexibility index (Phi) is 7.37. The number of amides is 1. The summed E-state index contributed by atoms with van der Waals surface area (Å²) >= 11 is 0. The second kappa shape index (κ2) is 10.2. The number of benzene rings is 3. The van der Waals surface area contributed by atoms with Crippen molar-refractivity contribution in [2.45, 2.75) is 24.7 Å². The molecule has 0 spiro atoms. The van der Waals surface area contributed by atoms with Gasteiger partial charge in [-0.25, -0.2) is 8.42 Å². The van der Waals surface area contributed by atoms with Gasteiger partial charge in [-0.05, 0) is 66.1 Å². The number of carbonyl (C=O) groups is 1. The lowest BCUT2D eigenvalue weighted by atomic mass is 10.0. The van der Waals surface area contributed by atoms with Crippen molar-refractivity contribution in [3.05, 3.63) is 78.4 Å². The van der Waals surface area contributed by atoms with Gasteiger partial charge in [-0.15, -0.1) is 0 Å². The van der Waals surface area contributed by atoms with Crippen molar-refractivity contribution in [3.63, 3.8) is 0 Å². The maximum atomic E-state index is 12.6. The van der Waals surface area contributed by atoms with E-state index in [9.17, 15) is 13.2 Å². The highest BCUT2D eigenvalue weighted by molar-refractivity contribution is 7.92. The molecule has 0 aliphatic carbocycles.